The van der Waals surface area contributed by atoms with Crippen molar-refractivity contribution in [3.63, 3.8) is 0 Å². The molecule has 0 atom stereocenters. The van der Waals surface area contributed by atoms with Gasteiger partial charge in [0.05, 0.1) is 24.3 Å². The van der Waals surface area contributed by atoms with Crippen molar-refractivity contribution in [1.82, 2.24) is 4.57 Å². The van der Waals surface area contributed by atoms with Gasteiger partial charge in [0.15, 0.2) is 0 Å². The summed E-state index contributed by atoms with van der Waals surface area (Å²) in [4.78, 5) is 37.8. The van der Waals surface area contributed by atoms with Crippen molar-refractivity contribution >= 4 is 23.5 Å². The zero-order chi connectivity index (χ0) is 24.0. The number of benzene rings is 2. The summed E-state index contributed by atoms with van der Waals surface area (Å²) < 4.78 is 12.1. The Balaban J connectivity index is 1.93. The zero-order valence-corrected chi connectivity index (χ0v) is 19.3. The van der Waals surface area contributed by atoms with Crippen LogP contribution in [0.1, 0.15) is 61.9 Å². The lowest BCUT2D eigenvalue weighted by Gasteiger charge is -2.12. The average molecular weight is 449 g/mol. The molecular weight excluding hydrogens is 420 g/mol. The van der Waals surface area contributed by atoms with Crippen LogP contribution < -0.4 is 5.32 Å². The van der Waals surface area contributed by atoms with Gasteiger partial charge in [-0.15, -0.1) is 0 Å². The number of rotatable bonds is 8. The SMILES string of the molecule is CCOC(=O)c1ccc(NC(=O)c2c(C)c(C(=O)OCC)n(Cc3ccccc3)c2C)cc1. The first-order valence-corrected chi connectivity index (χ1v) is 10.9. The van der Waals surface area contributed by atoms with E-state index in [2.05, 4.69) is 5.32 Å². The van der Waals surface area contributed by atoms with E-state index in [1.165, 1.54) is 0 Å². The number of nitrogens with zero attached hydrogens (tertiary/aromatic N) is 1. The summed E-state index contributed by atoms with van der Waals surface area (Å²) in [5.41, 5.74) is 3.94. The maximum atomic E-state index is 13.2. The number of esters is 2. The maximum absolute atomic E-state index is 13.2. The van der Waals surface area contributed by atoms with Crippen LogP contribution >= 0.6 is 0 Å². The molecule has 0 bridgehead atoms. The Morgan fingerprint density at radius 3 is 2.06 bits per heavy atom. The lowest BCUT2D eigenvalue weighted by molar-refractivity contribution is 0.0508. The van der Waals surface area contributed by atoms with Crippen LogP contribution in [0, 0.1) is 13.8 Å². The van der Waals surface area contributed by atoms with Crippen LogP contribution in [-0.2, 0) is 16.0 Å². The van der Waals surface area contributed by atoms with Gasteiger partial charge in [0, 0.05) is 17.9 Å². The van der Waals surface area contributed by atoms with Gasteiger partial charge in [-0.2, -0.15) is 0 Å². The Morgan fingerprint density at radius 1 is 0.848 bits per heavy atom. The van der Waals surface area contributed by atoms with Gasteiger partial charge >= 0.3 is 11.9 Å². The molecule has 7 nitrogen and oxygen atoms in total. The fraction of sp³-hybridized carbons (Fsp3) is 0.269. The highest BCUT2D eigenvalue weighted by Gasteiger charge is 2.27. The van der Waals surface area contributed by atoms with Gasteiger partial charge in [0.1, 0.15) is 5.69 Å². The molecule has 1 amide bonds. The van der Waals surface area contributed by atoms with Crippen molar-refractivity contribution in [3.8, 4) is 0 Å². The third kappa shape index (κ3) is 5.31. The monoisotopic (exact) mass is 448 g/mol. The molecule has 1 aromatic heterocycles. The second-order valence-corrected chi connectivity index (χ2v) is 7.48. The van der Waals surface area contributed by atoms with Crippen LogP contribution in [0.4, 0.5) is 5.69 Å². The van der Waals surface area contributed by atoms with Crippen molar-refractivity contribution in [2.45, 2.75) is 34.2 Å². The maximum Gasteiger partial charge on any atom is 0.355 e. The Kier molecular flexibility index (Phi) is 7.66. The van der Waals surface area contributed by atoms with Crippen molar-refractivity contribution in [1.29, 1.82) is 0 Å². The summed E-state index contributed by atoms with van der Waals surface area (Å²) in [7, 11) is 0. The summed E-state index contributed by atoms with van der Waals surface area (Å²) >= 11 is 0. The molecule has 7 heteroatoms. The molecule has 2 aromatic carbocycles. The highest BCUT2D eigenvalue weighted by atomic mass is 16.5. The number of carbonyl (C=O) groups excluding carboxylic acids is 3. The topological polar surface area (TPSA) is 86.6 Å². The Bertz CT molecular complexity index is 1150. The van der Waals surface area contributed by atoms with Gasteiger partial charge < -0.3 is 19.4 Å². The Labute approximate surface area is 193 Å². The summed E-state index contributed by atoms with van der Waals surface area (Å²) in [5, 5.41) is 2.86. The molecule has 33 heavy (non-hydrogen) atoms. The largest absolute Gasteiger partial charge is 0.462 e. The van der Waals surface area contributed by atoms with Gasteiger partial charge in [-0.05, 0) is 63.1 Å². The smallest absolute Gasteiger partial charge is 0.355 e. The van der Waals surface area contributed by atoms with E-state index in [1.807, 2.05) is 41.8 Å². The van der Waals surface area contributed by atoms with E-state index < -0.39 is 11.9 Å². The van der Waals surface area contributed by atoms with E-state index in [0.717, 1.165) is 5.56 Å². The molecule has 0 fully saturated rings. The van der Waals surface area contributed by atoms with Crippen LogP contribution in [0.5, 0.6) is 0 Å². The molecule has 1 N–H and O–H groups in total. The number of ether oxygens (including phenoxy) is 2. The zero-order valence-electron chi connectivity index (χ0n) is 19.3. The lowest BCUT2D eigenvalue weighted by Crippen LogP contribution is -2.15. The van der Waals surface area contributed by atoms with E-state index in [9.17, 15) is 14.4 Å². The number of carbonyl (C=O) groups is 3. The minimum absolute atomic E-state index is 0.238. The predicted molar refractivity (Wildman–Crippen MR) is 126 cm³/mol. The Hall–Kier alpha value is -3.87. The Morgan fingerprint density at radius 2 is 1.45 bits per heavy atom. The summed E-state index contributed by atoms with van der Waals surface area (Å²) in [6.45, 7) is 8.02. The minimum Gasteiger partial charge on any atom is -0.462 e. The fourth-order valence-electron chi connectivity index (χ4n) is 3.75. The van der Waals surface area contributed by atoms with Crippen LogP contribution in [0.15, 0.2) is 54.6 Å². The number of anilines is 1. The van der Waals surface area contributed by atoms with Crippen molar-refractivity contribution in [2.75, 3.05) is 18.5 Å². The molecule has 3 aromatic rings. The highest BCUT2D eigenvalue weighted by molar-refractivity contribution is 6.08. The van der Waals surface area contributed by atoms with Crippen LogP contribution in [0.25, 0.3) is 0 Å². The highest BCUT2D eigenvalue weighted by Crippen LogP contribution is 2.26. The molecule has 0 aliphatic carbocycles. The molecule has 0 spiro atoms. The van der Waals surface area contributed by atoms with Gasteiger partial charge in [0.25, 0.3) is 5.91 Å². The molecule has 172 valence electrons. The molecule has 1 heterocycles. The standard InChI is InChI=1S/C26H28N2O5/c1-5-32-25(30)20-12-14-21(15-13-20)27-24(29)22-17(3)23(26(31)33-6-2)28(18(22)4)16-19-10-8-7-9-11-19/h7-15H,5-6,16H2,1-4H3,(H,27,29). The fourth-order valence-corrected chi connectivity index (χ4v) is 3.75. The summed E-state index contributed by atoms with van der Waals surface area (Å²) in [5.74, 6) is -1.22. The van der Waals surface area contributed by atoms with Gasteiger partial charge in [-0.25, -0.2) is 9.59 Å². The van der Waals surface area contributed by atoms with Gasteiger partial charge in [0.2, 0.25) is 0 Å². The summed E-state index contributed by atoms with van der Waals surface area (Å²) in [6, 6.07) is 16.2. The molecular formula is C26H28N2O5. The molecule has 3 rings (SSSR count). The molecule has 0 aliphatic rings. The van der Waals surface area contributed by atoms with Crippen LogP contribution in [-0.4, -0.2) is 35.6 Å². The number of amides is 1. The second kappa shape index (κ2) is 10.6. The number of hydrogen-bond donors (Lipinski definition) is 1. The average Bonchev–Trinajstić information content (AvgIpc) is 3.04. The van der Waals surface area contributed by atoms with Crippen molar-refractivity contribution < 1.29 is 23.9 Å². The van der Waals surface area contributed by atoms with E-state index in [4.69, 9.17) is 9.47 Å². The van der Waals surface area contributed by atoms with Crippen molar-refractivity contribution in [3.05, 3.63) is 88.2 Å². The quantitative estimate of drug-likeness (QED) is 0.502. The lowest BCUT2D eigenvalue weighted by atomic mass is 10.1. The van der Waals surface area contributed by atoms with Crippen LogP contribution in [0.2, 0.25) is 0 Å². The third-order valence-corrected chi connectivity index (χ3v) is 5.30. The first kappa shape index (κ1) is 23.8. The first-order chi connectivity index (χ1) is 15.9. The van der Waals surface area contributed by atoms with E-state index in [0.29, 0.717) is 46.9 Å². The van der Waals surface area contributed by atoms with Crippen LogP contribution in [0.3, 0.4) is 0 Å². The molecule has 0 radical (unpaired) electrons. The minimum atomic E-state index is -0.466. The first-order valence-electron chi connectivity index (χ1n) is 10.9. The number of nitrogens with one attached hydrogen (secondary N) is 1. The van der Waals surface area contributed by atoms with Gasteiger partial charge in [-0.1, -0.05) is 30.3 Å². The second-order valence-electron chi connectivity index (χ2n) is 7.48. The molecule has 0 saturated carbocycles. The van der Waals surface area contributed by atoms with E-state index in [-0.39, 0.29) is 12.5 Å². The summed E-state index contributed by atoms with van der Waals surface area (Å²) in [6.07, 6.45) is 0. The van der Waals surface area contributed by atoms with E-state index >= 15 is 0 Å². The van der Waals surface area contributed by atoms with Crippen molar-refractivity contribution in [2.24, 2.45) is 0 Å². The normalized spacial score (nSPS) is 10.5. The molecule has 0 saturated heterocycles. The van der Waals surface area contributed by atoms with Gasteiger partial charge in [-0.3, -0.25) is 4.79 Å². The number of hydrogen-bond acceptors (Lipinski definition) is 5. The van der Waals surface area contributed by atoms with E-state index in [1.54, 1.807) is 45.0 Å². The number of aromatic nitrogens is 1. The third-order valence-electron chi connectivity index (χ3n) is 5.30. The predicted octanol–water partition coefficient (Wildman–Crippen LogP) is 4.76. The molecule has 0 aliphatic heterocycles. The molecule has 0 unspecified atom stereocenters.